The van der Waals surface area contributed by atoms with Gasteiger partial charge in [0.15, 0.2) is 0 Å². The largest absolute Gasteiger partial charge is 0.376 e. The number of amides is 1. The molecule has 1 saturated heterocycles. The van der Waals surface area contributed by atoms with Gasteiger partial charge < -0.3 is 14.8 Å². The number of rotatable bonds is 5. The first-order valence-electron chi connectivity index (χ1n) is 8.31. The van der Waals surface area contributed by atoms with E-state index >= 15 is 0 Å². The summed E-state index contributed by atoms with van der Waals surface area (Å²) in [5, 5.41) is 3.62. The number of ether oxygens (including phenoxy) is 2. The third-order valence-electron chi connectivity index (χ3n) is 4.08. The van der Waals surface area contributed by atoms with Crippen LogP contribution in [0.3, 0.4) is 0 Å². The van der Waals surface area contributed by atoms with E-state index in [4.69, 9.17) is 9.47 Å². The lowest BCUT2D eigenvalue weighted by Crippen LogP contribution is -2.39. The SMILES string of the molecule is Cc1ccc(Sc2ncccc2C(=O)NCC2COCCO2)cc1C. The third-order valence-corrected chi connectivity index (χ3v) is 5.09. The summed E-state index contributed by atoms with van der Waals surface area (Å²) < 4.78 is 10.9. The zero-order valence-corrected chi connectivity index (χ0v) is 15.3. The number of pyridine rings is 1. The standard InChI is InChI=1S/C19H22N2O3S/c1-13-5-6-16(10-14(13)2)25-19-17(4-3-7-20-19)18(22)21-11-15-12-23-8-9-24-15/h3-7,10,15H,8-9,11-12H2,1-2H3,(H,21,22). The lowest BCUT2D eigenvalue weighted by molar-refractivity contribution is -0.0855. The van der Waals surface area contributed by atoms with Crippen LogP contribution >= 0.6 is 11.8 Å². The second-order valence-electron chi connectivity index (χ2n) is 5.98. The Morgan fingerprint density at radius 2 is 2.16 bits per heavy atom. The topological polar surface area (TPSA) is 60.5 Å². The van der Waals surface area contributed by atoms with Crippen molar-refractivity contribution in [3.8, 4) is 0 Å². The number of carbonyl (C=O) groups is 1. The second kappa shape index (κ2) is 8.47. The van der Waals surface area contributed by atoms with Crippen LogP contribution in [-0.4, -0.2) is 43.4 Å². The molecule has 25 heavy (non-hydrogen) atoms. The van der Waals surface area contributed by atoms with E-state index in [1.807, 2.05) is 0 Å². The summed E-state index contributed by atoms with van der Waals surface area (Å²) in [7, 11) is 0. The molecule has 1 amide bonds. The summed E-state index contributed by atoms with van der Waals surface area (Å²) in [5.74, 6) is -0.145. The Kier molecular flexibility index (Phi) is 6.07. The van der Waals surface area contributed by atoms with E-state index in [0.29, 0.717) is 37.0 Å². The van der Waals surface area contributed by atoms with E-state index in [1.165, 1.54) is 22.9 Å². The molecule has 1 aromatic heterocycles. The van der Waals surface area contributed by atoms with E-state index in [0.717, 1.165) is 4.90 Å². The molecule has 0 spiro atoms. The molecule has 132 valence electrons. The summed E-state index contributed by atoms with van der Waals surface area (Å²) in [4.78, 5) is 18.0. The molecule has 3 rings (SSSR count). The Labute approximate surface area is 152 Å². The summed E-state index contributed by atoms with van der Waals surface area (Å²) in [6.45, 7) is 6.29. The van der Waals surface area contributed by atoms with Crippen LogP contribution in [0.25, 0.3) is 0 Å². The lowest BCUT2D eigenvalue weighted by Gasteiger charge is -2.23. The molecule has 1 aliphatic rings. The Hall–Kier alpha value is -1.89. The van der Waals surface area contributed by atoms with Crippen LogP contribution in [0.2, 0.25) is 0 Å². The van der Waals surface area contributed by atoms with Crippen LogP contribution in [0.5, 0.6) is 0 Å². The molecule has 1 unspecified atom stereocenters. The quantitative estimate of drug-likeness (QED) is 0.890. The van der Waals surface area contributed by atoms with Crippen molar-refractivity contribution in [3.05, 3.63) is 53.2 Å². The predicted octanol–water partition coefficient (Wildman–Crippen LogP) is 2.99. The van der Waals surface area contributed by atoms with Crippen molar-refractivity contribution in [1.29, 1.82) is 0 Å². The zero-order valence-electron chi connectivity index (χ0n) is 14.5. The highest BCUT2D eigenvalue weighted by Crippen LogP contribution is 2.29. The number of nitrogens with one attached hydrogen (secondary N) is 1. The van der Waals surface area contributed by atoms with Crippen LogP contribution in [0, 0.1) is 13.8 Å². The fourth-order valence-electron chi connectivity index (χ4n) is 2.49. The van der Waals surface area contributed by atoms with Crippen molar-refractivity contribution in [2.24, 2.45) is 0 Å². The molecule has 0 bridgehead atoms. The number of nitrogens with zero attached hydrogens (tertiary/aromatic N) is 1. The van der Waals surface area contributed by atoms with Crippen LogP contribution in [0.15, 0.2) is 46.5 Å². The van der Waals surface area contributed by atoms with Gasteiger partial charge in [0, 0.05) is 17.6 Å². The summed E-state index contributed by atoms with van der Waals surface area (Å²) >= 11 is 1.50. The maximum absolute atomic E-state index is 12.6. The van der Waals surface area contributed by atoms with Gasteiger partial charge in [-0.1, -0.05) is 17.8 Å². The van der Waals surface area contributed by atoms with Gasteiger partial charge in [0.2, 0.25) is 0 Å². The van der Waals surface area contributed by atoms with E-state index in [-0.39, 0.29) is 12.0 Å². The van der Waals surface area contributed by atoms with Crippen molar-refractivity contribution in [2.45, 2.75) is 29.9 Å². The Balaban J connectivity index is 1.69. The van der Waals surface area contributed by atoms with Gasteiger partial charge in [-0.2, -0.15) is 0 Å². The molecule has 1 aliphatic heterocycles. The van der Waals surface area contributed by atoms with Gasteiger partial charge in [-0.15, -0.1) is 0 Å². The fraction of sp³-hybridized carbons (Fsp3) is 0.368. The van der Waals surface area contributed by atoms with Gasteiger partial charge in [0.25, 0.3) is 5.91 Å². The molecule has 1 fully saturated rings. The number of hydrogen-bond acceptors (Lipinski definition) is 5. The maximum atomic E-state index is 12.6. The normalized spacial score (nSPS) is 17.3. The van der Waals surface area contributed by atoms with Crippen LogP contribution in [0.1, 0.15) is 21.5 Å². The van der Waals surface area contributed by atoms with E-state index in [1.54, 1.807) is 18.3 Å². The fourth-order valence-corrected chi connectivity index (χ4v) is 3.47. The number of aromatic nitrogens is 1. The van der Waals surface area contributed by atoms with Crippen LogP contribution in [-0.2, 0) is 9.47 Å². The molecule has 1 atom stereocenters. The average molecular weight is 358 g/mol. The monoisotopic (exact) mass is 358 g/mol. The molecule has 2 aromatic rings. The highest BCUT2D eigenvalue weighted by atomic mass is 32.2. The zero-order chi connectivity index (χ0) is 17.6. The lowest BCUT2D eigenvalue weighted by atomic mass is 10.1. The van der Waals surface area contributed by atoms with E-state index in [2.05, 4.69) is 42.3 Å². The number of hydrogen-bond donors (Lipinski definition) is 1. The molecule has 6 heteroatoms. The van der Waals surface area contributed by atoms with Gasteiger partial charge in [-0.3, -0.25) is 4.79 Å². The minimum Gasteiger partial charge on any atom is -0.376 e. The smallest absolute Gasteiger partial charge is 0.254 e. The molecule has 5 nitrogen and oxygen atoms in total. The van der Waals surface area contributed by atoms with Crippen molar-refractivity contribution >= 4 is 17.7 Å². The third kappa shape index (κ3) is 4.81. The van der Waals surface area contributed by atoms with Crippen molar-refractivity contribution < 1.29 is 14.3 Å². The highest BCUT2D eigenvalue weighted by molar-refractivity contribution is 7.99. The number of carbonyl (C=O) groups excluding carboxylic acids is 1. The first kappa shape index (κ1) is 17.9. The van der Waals surface area contributed by atoms with Crippen molar-refractivity contribution in [1.82, 2.24) is 10.3 Å². The van der Waals surface area contributed by atoms with Gasteiger partial charge in [-0.25, -0.2) is 4.98 Å². The minimum atomic E-state index is -0.145. The first-order chi connectivity index (χ1) is 12.1. The van der Waals surface area contributed by atoms with Crippen molar-refractivity contribution in [3.63, 3.8) is 0 Å². The molecular formula is C19H22N2O3S. The molecule has 2 heterocycles. The minimum absolute atomic E-state index is 0.0924. The second-order valence-corrected chi connectivity index (χ2v) is 7.04. The average Bonchev–Trinajstić information content (AvgIpc) is 2.64. The van der Waals surface area contributed by atoms with Crippen LogP contribution in [0.4, 0.5) is 0 Å². The van der Waals surface area contributed by atoms with Gasteiger partial charge >= 0.3 is 0 Å². The summed E-state index contributed by atoms with van der Waals surface area (Å²) in [6.07, 6.45) is 1.61. The summed E-state index contributed by atoms with van der Waals surface area (Å²) in [6, 6.07) is 9.82. The maximum Gasteiger partial charge on any atom is 0.254 e. The molecule has 0 radical (unpaired) electrons. The van der Waals surface area contributed by atoms with Crippen molar-refractivity contribution in [2.75, 3.05) is 26.4 Å². The molecule has 0 aliphatic carbocycles. The van der Waals surface area contributed by atoms with Crippen LogP contribution < -0.4 is 5.32 Å². The van der Waals surface area contributed by atoms with Gasteiger partial charge in [0.05, 0.1) is 31.5 Å². The molecule has 1 N–H and O–H groups in total. The Morgan fingerprint density at radius 3 is 2.92 bits per heavy atom. The number of benzene rings is 1. The van der Waals surface area contributed by atoms with Gasteiger partial charge in [0.1, 0.15) is 5.03 Å². The Bertz CT molecular complexity index is 745. The van der Waals surface area contributed by atoms with E-state index < -0.39 is 0 Å². The summed E-state index contributed by atoms with van der Waals surface area (Å²) in [5.41, 5.74) is 3.04. The predicted molar refractivity (Wildman–Crippen MR) is 97.2 cm³/mol. The highest BCUT2D eigenvalue weighted by Gasteiger charge is 2.18. The number of aryl methyl sites for hydroxylation is 2. The molecule has 0 saturated carbocycles. The van der Waals surface area contributed by atoms with Gasteiger partial charge in [-0.05, 0) is 49.2 Å². The molecular weight excluding hydrogens is 336 g/mol. The van der Waals surface area contributed by atoms with E-state index in [9.17, 15) is 4.79 Å². The Morgan fingerprint density at radius 1 is 1.28 bits per heavy atom. The molecule has 1 aromatic carbocycles. The first-order valence-corrected chi connectivity index (χ1v) is 9.13.